The van der Waals surface area contributed by atoms with E-state index in [-0.39, 0.29) is 5.91 Å². The van der Waals surface area contributed by atoms with E-state index in [0.717, 1.165) is 23.3 Å². The summed E-state index contributed by atoms with van der Waals surface area (Å²) in [6.45, 7) is 0.485. The van der Waals surface area contributed by atoms with Crippen LogP contribution in [0.3, 0.4) is 0 Å². The van der Waals surface area contributed by atoms with E-state index in [4.69, 9.17) is 4.74 Å². The van der Waals surface area contributed by atoms with Gasteiger partial charge in [0.05, 0.1) is 12.0 Å². The van der Waals surface area contributed by atoms with Gasteiger partial charge in [0.25, 0.3) is 5.91 Å². The van der Waals surface area contributed by atoms with E-state index in [1.54, 1.807) is 30.7 Å². The summed E-state index contributed by atoms with van der Waals surface area (Å²) in [5.74, 6) is 0.584. The van der Waals surface area contributed by atoms with E-state index in [2.05, 4.69) is 16.4 Å². The largest absolute Gasteiger partial charge is 0.481 e. The number of carbonyl (C=O) groups excluding carboxylic acids is 1. The number of methoxy groups -OCH3 is 1. The number of carbonyl (C=O) groups is 1. The number of rotatable bonds is 4. The molecule has 1 amide bonds. The molecule has 2 heterocycles. The molecule has 0 fully saturated rings. The van der Waals surface area contributed by atoms with Crippen LogP contribution in [-0.4, -0.2) is 18.0 Å². The molecular formula is C16H18N2O2S. The minimum atomic E-state index is 0.00483. The minimum absolute atomic E-state index is 0.00483. The Kier molecular flexibility index (Phi) is 4.20. The number of hydrogen-bond donors (Lipinski definition) is 1. The van der Waals surface area contributed by atoms with Crippen molar-refractivity contribution in [3.8, 4) is 5.88 Å². The van der Waals surface area contributed by atoms with Gasteiger partial charge < -0.3 is 10.1 Å². The standard InChI is InChI=1S/C16H18N2O2S/c1-20-15-7-6-11(9-17-15)10-18-16(19)14-8-12-4-2-3-5-13(12)21-14/h6-9H,2-5,10H2,1H3,(H,18,19). The second-order valence-corrected chi connectivity index (χ2v) is 6.29. The lowest BCUT2D eigenvalue weighted by Crippen LogP contribution is -2.21. The second kappa shape index (κ2) is 6.26. The monoisotopic (exact) mass is 302 g/mol. The van der Waals surface area contributed by atoms with Gasteiger partial charge in [0.1, 0.15) is 0 Å². The molecule has 0 bridgehead atoms. The third-order valence-electron chi connectivity index (χ3n) is 3.68. The lowest BCUT2D eigenvalue weighted by atomic mass is 9.99. The zero-order valence-corrected chi connectivity index (χ0v) is 12.8. The van der Waals surface area contributed by atoms with Crippen LogP contribution in [0.4, 0.5) is 0 Å². The maximum absolute atomic E-state index is 12.2. The van der Waals surface area contributed by atoms with E-state index < -0.39 is 0 Å². The van der Waals surface area contributed by atoms with Crippen molar-refractivity contribution in [2.45, 2.75) is 32.2 Å². The lowest BCUT2D eigenvalue weighted by molar-refractivity contribution is 0.0955. The van der Waals surface area contributed by atoms with Crippen LogP contribution in [0, 0.1) is 0 Å². The molecule has 0 aromatic carbocycles. The highest BCUT2D eigenvalue weighted by Crippen LogP contribution is 2.29. The minimum Gasteiger partial charge on any atom is -0.481 e. The zero-order chi connectivity index (χ0) is 14.7. The Morgan fingerprint density at radius 2 is 2.24 bits per heavy atom. The second-order valence-electron chi connectivity index (χ2n) is 5.16. The first-order chi connectivity index (χ1) is 10.3. The van der Waals surface area contributed by atoms with Gasteiger partial charge in [0.2, 0.25) is 5.88 Å². The van der Waals surface area contributed by atoms with Crippen LogP contribution in [0.1, 0.15) is 38.5 Å². The van der Waals surface area contributed by atoms with Crippen LogP contribution in [0.25, 0.3) is 0 Å². The maximum atomic E-state index is 12.2. The molecule has 3 rings (SSSR count). The fourth-order valence-corrected chi connectivity index (χ4v) is 3.68. The Labute approximate surface area is 128 Å². The van der Waals surface area contributed by atoms with E-state index in [9.17, 15) is 4.79 Å². The van der Waals surface area contributed by atoms with Crippen molar-refractivity contribution >= 4 is 17.2 Å². The third kappa shape index (κ3) is 3.24. The molecule has 21 heavy (non-hydrogen) atoms. The molecule has 0 radical (unpaired) electrons. The molecule has 1 N–H and O–H groups in total. The highest BCUT2D eigenvalue weighted by atomic mass is 32.1. The normalized spacial score (nSPS) is 13.6. The Morgan fingerprint density at radius 1 is 1.38 bits per heavy atom. The summed E-state index contributed by atoms with van der Waals surface area (Å²) in [6, 6.07) is 5.76. The van der Waals surface area contributed by atoms with Crippen molar-refractivity contribution in [3.63, 3.8) is 0 Å². The molecule has 4 nitrogen and oxygen atoms in total. The molecule has 5 heteroatoms. The Bertz CT molecular complexity index is 611. The third-order valence-corrected chi connectivity index (χ3v) is 4.92. The Hall–Kier alpha value is -1.88. The van der Waals surface area contributed by atoms with Crippen LogP contribution in [0.5, 0.6) is 5.88 Å². The molecule has 0 atom stereocenters. The molecule has 0 saturated heterocycles. The lowest BCUT2D eigenvalue weighted by Gasteiger charge is -2.08. The molecule has 1 aliphatic carbocycles. The summed E-state index contributed by atoms with van der Waals surface area (Å²) in [5, 5.41) is 2.95. The van der Waals surface area contributed by atoms with Gasteiger partial charge in [-0.25, -0.2) is 4.98 Å². The number of ether oxygens (including phenoxy) is 1. The number of hydrogen-bond acceptors (Lipinski definition) is 4. The number of amides is 1. The summed E-state index contributed by atoms with van der Waals surface area (Å²) < 4.78 is 5.01. The van der Waals surface area contributed by atoms with E-state index in [1.807, 2.05) is 6.07 Å². The van der Waals surface area contributed by atoms with Gasteiger partial charge in [-0.1, -0.05) is 6.07 Å². The molecule has 110 valence electrons. The van der Waals surface area contributed by atoms with E-state index in [1.165, 1.54) is 23.3 Å². The number of nitrogens with one attached hydrogen (secondary N) is 1. The number of fused-ring (bicyclic) bond motifs is 1. The number of aromatic nitrogens is 1. The number of pyridine rings is 1. The fourth-order valence-electron chi connectivity index (χ4n) is 2.51. The summed E-state index contributed by atoms with van der Waals surface area (Å²) in [6.07, 6.45) is 6.43. The highest BCUT2D eigenvalue weighted by Gasteiger charge is 2.16. The van der Waals surface area contributed by atoms with Crippen LogP contribution in [0.2, 0.25) is 0 Å². The van der Waals surface area contributed by atoms with Gasteiger partial charge >= 0.3 is 0 Å². The van der Waals surface area contributed by atoms with Gasteiger partial charge in [-0.05, 0) is 42.9 Å². The van der Waals surface area contributed by atoms with Gasteiger partial charge in [-0.3, -0.25) is 4.79 Å². The van der Waals surface area contributed by atoms with Gasteiger partial charge in [0.15, 0.2) is 0 Å². The molecule has 0 spiro atoms. The topological polar surface area (TPSA) is 51.2 Å². The molecule has 2 aromatic rings. The summed E-state index contributed by atoms with van der Waals surface area (Å²) in [7, 11) is 1.59. The number of nitrogens with zero attached hydrogens (tertiary/aromatic N) is 1. The Balaban J connectivity index is 1.61. The SMILES string of the molecule is COc1ccc(CNC(=O)c2cc3c(s2)CCCC3)cn1. The molecule has 2 aromatic heterocycles. The summed E-state index contributed by atoms with van der Waals surface area (Å²) >= 11 is 1.64. The first-order valence-corrected chi connectivity index (χ1v) is 7.96. The van der Waals surface area contributed by atoms with Gasteiger partial charge in [-0.15, -0.1) is 11.3 Å². The molecule has 0 unspecified atom stereocenters. The molecule has 0 aliphatic heterocycles. The average Bonchev–Trinajstić information content (AvgIpc) is 2.97. The summed E-state index contributed by atoms with van der Waals surface area (Å²) in [5.41, 5.74) is 2.33. The fraction of sp³-hybridized carbons (Fsp3) is 0.375. The van der Waals surface area contributed by atoms with Gasteiger partial charge in [0, 0.05) is 23.7 Å². The molecular weight excluding hydrogens is 284 g/mol. The quantitative estimate of drug-likeness (QED) is 0.944. The first kappa shape index (κ1) is 14.1. The first-order valence-electron chi connectivity index (χ1n) is 7.15. The Morgan fingerprint density at radius 3 is 2.95 bits per heavy atom. The highest BCUT2D eigenvalue weighted by molar-refractivity contribution is 7.14. The predicted molar refractivity (Wildman–Crippen MR) is 82.9 cm³/mol. The summed E-state index contributed by atoms with van der Waals surface area (Å²) in [4.78, 5) is 18.6. The van der Waals surface area contributed by atoms with Crippen LogP contribution >= 0.6 is 11.3 Å². The van der Waals surface area contributed by atoms with Crippen molar-refractivity contribution in [2.75, 3.05) is 7.11 Å². The van der Waals surface area contributed by atoms with Crippen LogP contribution in [-0.2, 0) is 19.4 Å². The zero-order valence-electron chi connectivity index (χ0n) is 12.0. The van der Waals surface area contributed by atoms with E-state index >= 15 is 0 Å². The molecule has 0 saturated carbocycles. The molecule has 1 aliphatic rings. The average molecular weight is 302 g/mol. The van der Waals surface area contributed by atoms with E-state index in [0.29, 0.717) is 12.4 Å². The van der Waals surface area contributed by atoms with Crippen molar-refractivity contribution in [1.29, 1.82) is 0 Å². The van der Waals surface area contributed by atoms with Crippen LogP contribution in [0.15, 0.2) is 24.4 Å². The number of aryl methyl sites for hydroxylation is 2. The van der Waals surface area contributed by atoms with Crippen LogP contribution < -0.4 is 10.1 Å². The predicted octanol–water partition coefficient (Wildman–Crippen LogP) is 2.96. The van der Waals surface area contributed by atoms with Crippen molar-refractivity contribution in [3.05, 3.63) is 45.3 Å². The van der Waals surface area contributed by atoms with Crippen molar-refractivity contribution in [2.24, 2.45) is 0 Å². The number of thiophene rings is 1. The maximum Gasteiger partial charge on any atom is 0.261 e. The smallest absolute Gasteiger partial charge is 0.261 e. The van der Waals surface area contributed by atoms with Crippen molar-refractivity contribution < 1.29 is 9.53 Å². The van der Waals surface area contributed by atoms with Crippen molar-refractivity contribution in [1.82, 2.24) is 10.3 Å². The van der Waals surface area contributed by atoms with Gasteiger partial charge in [-0.2, -0.15) is 0 Å².